The monoisotopic (exact) mass is 295 g/mol. The van der Waals surface area contributed by atoms with Crippen LogP contribution in [0.2, 0.25) is 0 Å². The first-order valence-electron chi connectivity index (χ1n) is 8.85. The fourth-order valence-corrected chi connectivity index (χ4v) is 3.55. The van der Waals surface area contributed by atoms with Gasteiger partial charge in [0, 0.05) is 31.2 Å². The highest BCUT2D eigenvalue weighted by atomic mass is 16.2. The predicted octanol–water partition coefficient (Wildman–Crippen LogP) is 2.24. The molecule has 2 rings (SSSR count). The van der Waals surface area contributed by atoms with E-state index >= 15 is 0 Å². The van der Waals surface area contributed by atoms with E-state index in [4.69, 9.17) is 0 Å². The fraction of sp³-hybridized carbons (Fsp3) is 0.941. The van der Waals surface area contributed by atoms with Crippen LogP contribution in [0, 0.1) is 0 Å². The van der Waals surface area contributed by atoms with Crippen molar-refractivity contribution in [2.24, 2.45) is 0 Å². The Morgan fingerprint density at radius 2 is 2.00 bits per heavy atom. The summed E-state index contributed by atoms with van der Waals surface area (Å²) in [6, 6.07) is 1.42. The van der Waals surface area contributed by atoms with E-state index in [1.54, 1.807) is 0 Å². The third kappa shape index (κ3) is 4.96. The highest BCUT2D eigenvalue weighted by Gasteiger charge is 2.26. The van der Waals surface area contributed by atoms with Crippen molar-refractivity contribution >= 4 is 5.91 Å². The van der Waals surface area contributed by atoms with Crippen LogP contribution in [0.3, 0.4) is 0 Å². The molecule has 21 heavy (non-hydrogen) atoms. The SMILES string of the molecule is CC(C)N(CC(=O)N1CCCCC1C)CC1CCCCN1. The van der Waals surface area contributed by atoms with Crippen LogP contribution >= 0.6 is 0 Å². The van der Waals surface area contributed by atoms with E-state index in [1.807, 2.05) is 0 Å². The lowest BCUT2D eigenvalue weighted by Crippen LogP contribution is -2.51. The predicted molar refractivity (Wildman–Crippen MR) is 87.4 cm³/mol. The summed E-state index contributed by atoms with van der Waals surface area (Å²) < 4.78 is 0. The van der Waals surface area contributed by atoms with E-state index in [2.05, 4.69) is 35.9 Å². The average Bonchev–Trinajstić information content (AvgIpc) is 2.48. The van der Waals surface area contributed by atoms with E-state index in [0.29, 0.717) is 30.6 Å². The van der Waals surface area contributed by atoms with Gasteiger partial charge in [-0.2, -0.15) is 0 Å². The maximum atomic E-state index is 12.6. The third-order valence-electron chi connectivity index (χ3n) is 5.06. The number of nitrogens with zero attached hydrogens (tertiary/aromatic N) is 2. The lowest BCUT2D eigenvalue weighted by atomic mass is 10.0. The molecule has 0 bridgehead atoms. The third-order valence-corrected chi connectivity index (χ3v) is 5.06. The molecule has 122 valence electrons. The molecular weight excluding hydrogens is 262 g/mol. The molecule has 0 spiro atoms. The van der Waals surface area contributed by atoms with Crippen LogP contribution in [0.1, 0.15) is 59.3 Å². The zero-order chi connectivity index (χ0) is 15.2. The molecule has 4 nitrogen and oxygen atoms in total. The Balaban J connectivity index is 1.87. The van der Waals surface area contributed by atoms with Crippen LogP contribution in [-0.2, 0) is 4.79 Å². The number of carbonyl (C=O) groups excluding carboxylic acids is 1. The molecule has 2 heterocycles. The van der Waals surface area contributed by atoms with Crippen LogP contribution < -0.4 is 5.32 Å². The van der Waals surface area contributed by atoms with Gasteiger partial charge in [0.15, 0.2) is 0 Å². The van der Waals surface area contributed by atoms with Crippen molar-refractivity contribution in [3.8, 4) is 0 Å². The van der Waals surface area contributed by atoms with E-state index < -0.39 is 0 Å². The van der Waals surface area contributed by atoms with Gasteiger partial charge in [-0.3, -0.25) is 9.69 Å². The van der Waals surface area contributed by atoms with E-state index in [-0.39, 0.29) is 0 Å². The molecule has 2 atom stereocenters. The van der Waals surface area contributed by atoms with Crippen molar-refractivity contribution in [1.82, 2.24) is 15.1 Å². The van der Waals surface area contributed by atoms with Crippen molar-refractivity contribution < 1.29 is 4.79 Å². The minimum atomic E-state index is 0.326. The Kier molecular flexibility index (Phi) is 6.49. The molecule has 0 aromatic rings. The van der Waals surface area contributed by atoms with E-state index in [0.717, 1.165) is 26.1 Å². The Hall–Kier alpha value is -0.610. The van der Waals surface area contributed by atoms with Crippen LogP contribution in [-0.4, -0.2) is 60.0 Å². The first-order chi connectivity index (χ1) is 10.1. The topological polar surface area (TPSA) is 35.6 Å². The second-order valence-corrected chi connectivity index (χ2v) is 7.10. The van der Waals surface area contributed by atoms with E-state index in [9.17, 15) is 4.79 Å². The Morgan fingerprint density at radius 1 is 1.24 bits per heavy atom. The highest BCUT2D eigenvalue weighted by Crippen LogP contribution is 2.17. The van der Waals surface area contributed by atoms with Crippen molar-refractivity contribution in [2.45, 2.75) is 77.4 Å². The van der Waals surface area contributed by atoms with E-state index in [1.165, 1.54) is 32.1 Å². The molecule has 2 unspecified atom stereocenters. The Morgan fingerprint density at radius 3 is 2.62 bits per heavy atom. The zero-order valence-electron chi connectivity index (χ0n) is 14.1. The van der Waals surface area contributed by atoms with Gasteiger partial charge in [-0.25, -0.2) is 0 Å². The van der Waals surface area contributed by atoms with Gasteiger partial charge in [0.25, 0.3) is 0 Å². The minimum absolute atomic E-state index is 0.326. The van der Waals surface area contributed by atoms with Gasteiger partial charge in [0.2, 0.25) is 5.91 Å². The molecular formula is C17H33N3O. The second-order valence-electron chi connectivity index (χ2n) is 7.10. The quantitative estimate of drug-likeness (QED) is 0.845. The number of hydrogen-bond acceptors (Lipinski definition) is 3. The van der Waals surface area contributed by atoms with Gasteiger partial charge in [-0.1, -0.05) is 6.42 Å². The average molecular weight is 295 g/mol. The normalized spacial score (nSPS) is 27.4. The molecule has 0 radical (unpaired) electrons. The Bertz CT molecular complexity index is 326. The van der Waals surface area contributed by atoms with Crippen LogP contribution in [0.25, 0.3) is 0 Å². The maximum Gasteiger partial charge on any atom is 0.236 e. The number of amides is 1. The molecule has 2 aliphatic heterocycles. The fourth-order valence-electron chi connectivity index (χ4n) is 3.55. The van der Waals surface area contributed by atoms with Gasteiger partial charge in [-0.05, 0) is 59.4 Å². The molecule has 1 amide bonds. The summed E-state index contributed by atoms with van der Waals surface area (Å²) in [5, 5.41) is 3.60. The summed E-state index contributed by atoms with van der Waals surface area (Å²) in [6.45, 7) is 10.3. The number of hydrogen-bond donors (Lipinski definition) is 1. The van der Waals surface area contributed by atoms with Gasteiger partial charge in [-0.15, -0.1) is 0 Å². The van der Waals surface area contributed by atoms with Crippen molar-refractivity contribution in [3.05, 3.63) is 0 Å². The van der Waals surface area contributed by atoms with Gasteiger partial charge in [0.1, 0.15) is 0 Å². The maximum absolute atomic E-state index is 12.6. The largest absolute Gasteiger partial charge is 0.339 e. The van der Waals surface area contributed by atoms with Gasteiger partial charge >= 0.3 is 0 Å². The van der Waals surface area contributed by atoms with Gasteiger partial charge in [0.05, 0.1) is 6.54 Å². The molecule has 0 aliphatic carbocycles. The summed E-state index contributed by atoms with van der Waals surface area (Å²) in [6.07, 6.45) is 7.46. The molecule has 2 aliphatic rings. The van der Waals surface area contributed by atoms with Crippen LogP contribution in [0.5, 0.6) is 0 Å². The number of piperidine rings is 2. The van der Waals surface area contributed by atoms with Gasteiger partial charge < -0.3 is 10.2 Å². The van der Waals surface area contributed by atoms with Crippen LogP contribution in [0.15, 0.2) is 0 Å². The first-order valence-corrected chi connectivity index (χ1v) is 8.85. The Labute approximate surface area is 130 Å². The summed E-state index contributed by atoms with van der Waals surface area (Å²) >= 11 is 0. The molecule has 0 saturated carbocycles. The van der Waals surface area contributed by atoms with Crippen molar-refractivity contribution in [3.63, 3.8) is 0 Å². The van der Waals surface area contributed by atoms with Crippen LogP contribution in [0.4, 0.5) is 0 Å². The molecule has 0 aromatic carbocycles. The van der Waals surface area contributed by atoms with Crippen molar-refractivity contribution in [1.29, 1.82) is 0 Å². The lowest BCUT2D eigenvalue weighted by Gasteiger charge is -2.37. The van der Waals surface area contributed by atoms with Crippen molar-refractivity contribution in [2.75, 3.05) is 26.2 Å². The lowest BCUT2D eigenvalue weighted by molar-refractivity contribution is -0.136. The zero-order valence-corrected chi connectivity index (χ0v) is 14.1. The molecule has 2 saturated heterocycles. The molecule has 2 fully saturated rings. The molecule has 0 aromatic heterocycles. The summed E-state index contributed by atoms with van der Waals surface area (Å²) in [5.74, 6) is 0.326. The smallest absolute Gasteiger partial charge is 0.236 e. The summed E-state index contributed by atoms with van der Waals surface area (Å²) in [7, 11) is 0. The summed E-state index contributed by atoms with van der Waals surface area (Å²) in [5.41, 5.74) is 0. The first kappa shape index (κ1) is 16.8. The highest BCUT2D eigenvalue weighted by molar-refractivity contribution is 5.78. The molecule has 4 heteroatoms. The standard InChI is InChI=1S/C17H33N3O/c1-14(2)19(12-16-9-4-6-10-18-16)13-17(21)20-11-7-5-8-15(20)3/h14-16,18H,4-13H2,1-3H3. The summed E-state index contributed by atoms with van der Waals surface area (Å²) in [4.78, 5) is 17.1. The number of likely N-dealkylation sites (tertiary alicyclic amines) is 1. The second kappa shape index (κ2) is 8.14. The number of carbonyl (C=O) groups is 1. The minimum Gasteiger partial charge on any atom is -0.339 e. The number of rotatable bonds is 5. The molecule has 1 N–H and O–H groups in total. The number of nitrogens with one attached hydrogen (secondary N) is 1.